The highest BCUT2D eigenvalue weighted by Crippen LogP contribution is 2.34. The lowest BCUT2D eigenvalue weighted by Crippen LogP contribution is -2.34. The van der Waals surface area contributed by atoms with Crippen molar-refractivity contribution in [1.29, 1.82) is 0 Å². The molecule has 1 aliphatic rings. The summed E-state index contributed by atoms with van der Waals surface area (Å²) in [6.45, 7) is 3.81. The van der Waals surface area contributed by atoms with Crippen molar-refractivity contribution in [3.05, 3.63) is 47.1 Å². The molecule has 1 aliphatic heterocycles. The van der Waals surface area contributed by atoms with E-state index in [1.54, 1.807) is 35.2 Å². The lowest BCUT2D eigenvalue weighted by Gasteiger charge is -2.18. The Morgan fingerprint density at radius 3 is 2.38 bits per heavy atom. The molecule has 0 saturated carbocycles. The predicted molar refractivity (Wildman–Crippen MR) is 106 cm³/mol. The summed E-state index contributed by atoms with van der Waals surface area (Å²) in [7, 11) is -3.73. The molecule has 0 bridgehead atoms. The van der Waals surface area contributed by atoms with Crippen LogP contribution < -0.4 is 5.14 Å². The van der Waals surface area contributed by atoms with E-state index >= 15 is 0 Å². The van der Waals surface area contributed by atoms with Crippen molar-refractivity contribution in [2.75, 3.05) is 0 Å². The van der Waals surface area contributed by atoms with Crippen LogP contribution in [0.2, 0.25) is 0 Å². The molecular weight excluding hydrogens is 392 g/mol. The van der Waals surface area contributed by atoms with Crippen LogP contribution in [0.1, 0.15) is 19.6 Å². The van der Waals surface area contributed by atoms with Gasteiger partial charge in [0.2, 0.25) is 10.0 Å². The first-order chi connectivity index (χ1) is 12.2. The minimum Gasteiger partial charge on any atom is -0.457 e. The molecule has 0 spiro atoms. The molecule has 9 heteroatoms. The van der Waals surface area contributed by atoms with Gasteiger partial charge in [0.15, 0.2) is 0 Å². The summed E-state index contributed by atoms with van der Waals surface area (Å²) in [5.41, 5.74) is 0.701. The smallest absolute Gasteiger partial charge is 0.266 e. The van der Waals surface area contributed by atoms with Crippen molar-refractivity contribution in [3.8, 4) is 11.3 Å². The lowest BCUT2D eigenvalue weighted by atomic mass is 10.2. The SMILES string of the molecule is CC(C)N1C(=O)/C(=C/c2ccc(-c3ccc(S(N)(=O)=O)cc3)o2)SC1=S. The number of nitrogens with two attached hydrogens (primary N) is 1. The van der Waals surface area contributed by atoms with Crippen LogP contribution >= 0.6 is 24.0 Å². The van der Waals surface area contributed by atoms with Crippen molar-refractivity contribution < 1.29 is 17.6 Å². The molecule has 1 saturated heterocycles. The second-order valence-electron chi connectivity index (χ2n) is 5.92. The van der Waals surface area contributed by atoms with E-state index in [0.29, 0.717) is 26.3 Å². The Labute approximate surface area is 161 Å². The van der Waals surface area contributed by atoms with Crippen molar-refractivity contribution in [2.45, 2.75) is 24.8 Å². The third-order valence-electron chi connectivity index (χ3n) is 3.71. The summed E-state index contributed by atoms with van der Waals surface area (Å²) in [4.78, 5) is 14.5. The average molecular weight is 409 g/mol. The van der Waals surface area contributed by atoms with E-state index in [1.165, 1.54) is 23.9 Å². The molecule has 0 unspecified atom stereocenters. The van der Waals surface area contributed by atoms with Crippen LogP contribution in [0.3, 0.4) is 0 Å². The summed E-state index contributed by atoms with van der Waals surface area (Å²) < 4.78 is 28.9. The first kappa shape index (κ1) is 18.8. The van der Waals surface area contributed by atoms with Crippen LogP contribution in [0.25, 0.3) is 17.4 Å². The number of carbonyl (C=O) groups is 1. The van der Waals surface area contributed by atoms with Crippen LogP contribution in [0, 0.1) is 0 Å². The molecule has 1 aromatic heterocycles. The molecule has 0 atom stereocenters. The molecule has 1 aromatic carbocycles. The van der Waals surface area contributed by atoms with Crippen molar-refractivity contribution >= 4 is 50.3 Å². The third-order valence-corrected chi connectivity index (χ3v) is 5.97. The van der Waals surface area contributed by atoms with Gasteiger partial charge in [-0.3, -0.25) is 9.69 Å². The number of rotatable bonds is 4. The van der Waals surface area contributed by atoms with Crippen LogP contribution in [0.4, 0.5) is 0 Å². The fraction of sp³-hybridized carbons (Fsp3) is 0.176. The standard InChI is InChI=1S/C17H16N2O4S3/c1-10(2)19-16(20)15(25-17(19)24)9-12-5-8-14(23-12)11-3-6-13(7-4-11)26(18,21)22/h3-10H,1-2H3,(H2,18,21,22)/b15-9-. The predicted octanol–water partition coefficient (Wildman–Crippen LogP) is 3.20. The Hall–Kier alpha value is -1.94. The number of hydrogen-bond donors (Lipinski definition) is 1. The zero-order valence-electron chi connectivity index (χ0n) is 14.0. The van der Waals surface area contributed by atoms with Gasteiger partial charge in [0.25, 0.3) is 5.91 Å². The fourth-order valence-electron chi connectivity index (χ4n) is 2.45. The zero-order valence-corrected chi connectivity index (χ0v) is 16.5. The topological polar surface area (TPSA) is 93.6 Å². The number of primary sulfonamides is 1. The summed E-state index contributed by atoms with van der Waals surface area (Å²) >= 11 is 6.49. The zero-order chi connectivity index (χ0) is 19.1. The highest BCUT2D eigenvalue weighted by atomic mass is 32.2. The molecule has 1 fully saturated rings. The van der Waals surface area contributed by atoms with E-state index in [4.69, 9.17) is 21.8 Å². The van der Waals surface area contributed by atoms with E-state index in [-0.39, 0.29) is 16.8 Å². The Bertz CT molecular complexity index is 1000. The van der Waals surface area contributed by atoms with Gasteiger partial charge >= 0.3 is 0 Å². The van der Waals surface area contributed by atoms with Gasteiger partial charge < -0.3 is 4.42 Å². The van der Waals surface area contributed by atoms with E-state index < -0.39 is 10.0 Å². The molecular formula is C17H16N2O4S3. The Kier molecular flexibility index (Phi) is 5.07. The number of nitrogens with zero attached hydrogens (tertiary/aromatic N) is 1. The Morgan fingerprint density at radius 2 is 1.85 bits per heavy atom. The van der Waals surface area contributed by atoms with E-state index in [0.717, 1.165) is 0 Å². The maximum absolute atomic E-state index is 12.4. The van der Waals surface area contributed by atoms with Gasteiger partial charge in [-0.05, 0) is 50.2 Å². The van der Waals surface area contributed by atoms with Gasteiger partial charge in [-0.15, -0.1) is 0 Å². The number of amides is 1. The maximum atomic E-state index is 12.4. The number of thioether (sulfide) groups is 1. The second kappa shape index (κ2) is 6.99. The first-order valence-electron chi connectivity index (χ1n) is 7.67. The number of thiocarbonyl (C=S) groups is 1. The highest BCUT2D eigenvalue weighted by Gasteiger charge is 2.33. The average Bonchev–Trinajstić information content (AvgIpc) is 3.12. The molecule has 3 rings (SSSR count). The molecule has 0 aliphatic carbocycles. The summed E-state index contributed by atoms with van der Waals surface area (Å²) in [6.07, 6.45) is 1.66. The van der Waals surface area contributed by atoms with Gasteiger partial charge in [0, 0.05) is 17.7 Å². The number of furan rings is 1. The Morgan fingerprint density at radius 1 is 1.19 bits per heavy atom. The molecule has 136 valence electrons. The van der Waals surface area contributed by atoms with Gasteiger partial charge in [-0.25, -0.2) is 13.6 Å². The summed E-state index contributed by atoms with van der Waals surface area (Å²) in [5, 5.41) is 5.09. The van der Waals surface area contributed by atoms with Crippen LogP contribution in [-0.2, 0) is 14.8 Å². The maximum Gasteiger partial charge on any atom is 0.266 e. The van der Waals surface area contributed by atoms with Crippen LogP contribution in [0.15, 0.2) is 50.6 Å². The molecule has 1 amide bonds. The Balaban J connectivity index is 1.85. The van der Waals surface area contributed by atoms with E-state index in [2.05, 4.69) is 0 Å². The summed E-state index contributed by atoms with van der Waals surface area (Å²) in [5.74, 6) is 0.932. The molecule has 0 radical (unpaired) electrons. The summed E-state index contributed by atoms with van der Waals surface area (Å²) in [6, 6.07) is 9.55. The van der Waals surface area contributed by atoms with Gasteiger partial charge in [0.1, 0.15) is 15.8 Å². The largest absolute Gasteiger partial charge is 0.457 e. The second-order valence-corrected chi connectivity index (χ2v) is 9.15. The minimum atomic E-state index is -3.73. The number of sulfonamides is 1. The fourth-order valence-corrected chi connectivity index (χ4v) is 4.47. The highest BCUT2D eigenvalue weighted by molar-refractivity contribution is 8.26. The molecule has 6 nitrogen and oxygen atoms in total. The molecule has 2 aromatic rings. The third kappa shape index (κ3) is 3.75. The van der Waals surface area contributed by atoms with Crippen molar-refractivity contribution in [3.63, 3.8) is 0 Å². The van der Waals surface area contributed by atoms with E-state index in [1.807, 2.05) is 13.8 Å². The van der Waals surface area contributed by atoms with Crippen molar-refractivity contribution in [1.82, 2.24) is 4.90 Å². The van der Waals surface area contributed by atoms with Crippen LogP contribution in [0.5, 0.6) is 0 Å². The van der Waals surface area contributed by atoms with Gasteiger partial charge in [-0.2, -0.15) is 0 Å². The molecule has 2 N–H and O–H groups in total. The molecule has 2 heterocycles. The quantitative estimate of drug-likeness (QED) is 0.617. The lowest BCUT2D eigenvalue weighted by molar-refractivity contribution is -0.123. The number of benzene rings is 1. The first-order valence-corrected chi connectivity index (χ1v) is 10.4. The monoisotopic (exact) mass is 408 g/mol. The van der Waals surface area contributed by atoms with Crippen molar-refractivity contribution in [2.24, 2.45) is 5.14 Å². The van der Waals surface area contributed by atoms with Crippen LogP contribution in [-0.4, -0.2) is 29.6 Å². The normalized spacial score (nSPS) is 16.9. The van der Waals surface area contributed by atoms with E-state index in [9.17, 15) is 13.2 Å². The van der Waals surface area contributed by atoms with Gasteiger partial charge in [0.05, 0.1) is 9.80 Å². The number of carbonyl (C=O) groups excluding carboxylic acids is 1. The molecule has 26 heavy (non-hydrogen) atoms. The number of hydrogen-bond acceptors (Lipinski definition) is 6. The van der Waals surface area contributed by atoms with Gasteiger partial charge in [-0.1, -0.05) is 24.0 Å². The minimum absolute atomic E-state index is 0.00194.